The zero-order valence-electron chi connectivity index (χ0n) is 17.9. The van der Waals surface area contributed by atoms with E-state index in [-0.39, 0.29) is 0 Å². The summed E-state index contributed by atoms with van der Waals surface area (Å²) in [4.78, 5) is 0. The van der Waals surface area contributed by atoms with Gasteiger partial charge >= 0.3 is 0 Å². The summed E-state index contributed by atoms with van der Waals surface area (Å²) < 4.78 is 0. The van der Waals surface area contributed by atoms with Gasteiger partial charge in [0.05, 0.1) is 24.6 Å². The van der Waals surface area contributed by atoms with Gasteiger partial charge in [-0.2, -0.15) is 0 Å². The van der Waals surface area contributed by atoms with Crippen molar-refractivity contribution in [3.05, 3.63) is 0 Å². The maximum atomic E-state index is 2.41. The second-order valence-electron chi connectivity index (χ2n) is 8.13. The zero-order valence-corrected chi connectivity index (χ0v) is 18.8. The summed E-state index contributed by atoms with van der Waals surface area (Å²) in [6.45, 7) is 9.52. The van der Waals surface area contributed by atoms with Gasteiger partial charge in [-0.1, -0.05) is 91.9 Å². The van der Waals surface area contributed by atoms with Crippen molar-refractivity contribution >= 4 is 7.26 Å². The second-order valence-corrected chi connectivity index (χ2v) is 12.6. The largest absolute Gasteiger partial charge is 0.0654 e. The molecule has 0 unspecified atom stereocenters. The van der Waals surface area contributed by atoms with E-state index in [2.05, 4.69) is 27.7 Å². The third kappa shape index (κ3) is 13.7. The molecule has 0 aliphatic rings. The van der Waals surface area contributed by atoms with Crippen LogP contribution in [0.1, 0.15) is 124 Å². The van der Waals surface area contributed by atoms with Crippen LogP contribution < -0.4 is 0 Å². The predicted molar refractivity (Wildman–Crippen MR) is 118 cm³/mol. The van der Waals surface area contributed by atoms with E-state index in [9.17, 15) is 0 Å². The molecule has 0 aliphatic heterocycles. The highest BCUT2D eigenvalue weighted by Crippen LogP contribution is 2.60. The summed E-state index contributed by atoms with van der Waals surface area (Å²) in [5.41, 5.74) is 0. The van der Waals surface area contributed by atoms with Gasteiger partial charge in [-0.15, -0.1) is 0 Å². The van der Waals surface area contributed by atoms with Crippen molar-refractivity contribution < 1.29 is 0 Å². The molecule has 1 heteroatoms. The van der Waals surface area contributed by atoms with Crippen LogP contribution >= 0.6 is 7.26 Å². The minimum atomic E-state index is -0.576. The van der Waals surface area contributed by atoms with E-state index in [1.165, 1.54) is 96.3 Å². The number of unbranched alkanes of at least 4 members (excludes halogenated alkanes) is 11. The quantitative estimate of drug-likeness (QED) is 0.160. The van der Waals surface area contributed by atoms with Gasteiger partial charge in [0.15, 0.2) is 0 Å². The van der Waals surface area contributed by atoms with Crippen LogP contribution in [-0.4, -0.2) is 24.6 Å². The smallest absolute Gasteiger partial charge is 0.0594 e. The molecule has 0 spiro atoms. The van der Waals surface area contributed by atoms with Crippen LogP contribution in [0.4, 0.5) is 0 Å². The van der Waals surface area contributed by atoms with Gasteiger partial charge < -0.3 is 0 Å². The fourth-order valence-corrected chi connectivity index (χ4v) is 9.46. The molecule has 0 N–H and O–H groups in total. The molecule has 0 saturated carbocycles. The highest BCUT2D eigenvalue weighted by atomic mass is 31.2. The van der Waals surface area contributed by atoms with Crippen molar-refractivity contribution in [3.63, 3.8) is 0 Å². The third-order valence-electron chi connectivity index (χ3n) is 5.58. The normalized spacial score (nSPS) is 12.0. The van der Waals surface area contributed by atoms with E-state index in [1.54, 1.807) is 24.6 Å². The summed E-state index contributed by atoms with van der Waals surface area (Å²) in [6.07, 6.45) is 28.4. The standard InChI is InChI=1S/C23H50P/c1-5-9-10-11-12-13-14-15-16-17-18-19-23-24(20-6-2,21-7-3)22-8-4/h5-23H2,1-4H3/q+1. The van der Waals surface area contributed by atoms with Crippen molar-refractivity contribution in [2.75, 3.05) is 24.6 Å². The first-order valence-corrected chi connectivity index (χ1v) is 14.1. The topological polar surface area (TPSA) is 0 Å². The molecular formula is C23H50P+. The Labute approximate surface area is 156 Å². The molecule has 0 rings (SSSR count). The molecule has 0 bridgehead atoms. The van der Waals surface area contributed by atoms with Gasteiger partial charge in [0, 0.05) is 7.26 Å². The third-order valence-corrected chi connectivity index (χ3v) is 11.0. The van der Waals surface area contributed by atoms with E-state index in [4.69, 9.17) is 0 Å². The Balaban J connectivity index is 3.60. The van der Waals surface area contributed by atoms with Gasteiger partial charge in [-0.25, -0.2) is 0 Å². The van der Waals surface area contributed by atoms with E-state index in [0.717, 1.165) is 0 Å². The van der Waals surface area contributed by atoms with Gasteiger partial charge in [0.1, 0.15) is 0 Å². The average Bonchev–Trinajstić information content (AvgIpc) is 2.56. The average molecular weight is 358 g/mol. The van der Waals surface area contributed by atoms with Crippen LogP contribution in [-0.2, 0) is 0 Å². The van der Waals surface area contributed by atoms with Crippen molar-refractivity contribution in [1.82, 2.24) is 0 Å². The summed E-state index contributed by atoms with van der Waals surface area (Å²) >= 11 is 0. The van der Waals surface area contributed by atoms with Gasteiger partial charge in [0.2, 0.25) is 0 Å². The van der Waals surface area contributed by atoms with E-state index in [1.807, 2.05) is 0 Å². The second kappa shape index (κ2) is 18.2. The molecule has 0 aromatic heterocycles. The predicted octanol–water partition coefficient (Wildman–Crippen LogP) is 8.94. The van der Waals surface area contributed by atoms with Crippen molar-refractivity contribution in [1.29, 1.82) is 0 Å². The van der Waals surface area contributed by atoms with Gasteiger partial charge in [-0.3, -0.25) is 0 Å². The monoisotopic (exact) mass is 357 g/mol. The Morgan fingerprint density at radius 2 is 0.667 bits per heavy atom. The first-order chi connectivity index (χ1) is 11.7. The molecule has 0 heterocycles. The maximum absolute atomic E-state index is 2.41. The maximum Gasteiger partial charge on any atom is 0.0594 e. The highest BCUT2D eigenvalue weighted by Gasteiger charge is 2.33. The molecule has 0 fully saturated rings. The minimum absolute atomic E-state index is 0.576. The van der Waals surface area contributed by atoms with Crippen LogP contribution in [0, 0.1) is 0 Å². The Bertz CT molecular complexity index is 219. The first kappa shape index (κ1) is 24.4. The van der Waals surface area contributed by atoms with Crippen molar-refractivity contribution in [2.45, 2.75) is 124 Å². The zero-order chi connectivity index (χ0) is 17.9. The molecular weight excluding hydrogens is 307 g/mol. The summed E-state index contributed by atoms with van der Waals surface area (Å²) in [5.74, 6) is 0. The van der Waals surface area contributed by atoms with Crippen molar-refractivity contribution in [2.24, 2.45) is 0 Å². The minimum Gasteiger partial charge on any atom is -0.0654 e. The molecule has 24 heavy (non-hydrogen) atoms. The van der Waals surface area contributed by atoms with Crippen molar-refractivity contribution in [3.8, 4) is 0 Å². The van der Waals surface area contributed by atoms with Crippen LogP contribution in [0.2, 0.25) is 0 Å². The Hall–Kier alpha value is 0.430. The van der Waals surface area contributed by atoms with Crippen LogP contribution in [0.25, 0.3) is 0 Å². The Morgan fingerprint density at radius 1 is 0.333 bits per heavy atom. The number of hydrogen-bond acceptors (Lipinski definition) is 0. The highest BCUT2D eigenvalue weighted by molar-refractivity contribution is 7.75. The molecule has 0 aromatic carbocycles. The summed E-state index contributed by atoms with van der Waals surface area (Å²) in [6, 6.07) is 0. The van der Waals surface area contributed by atoms with E-state index < -0.39 is 7.26 Å². The molecule has 0 saturated heterocycles. The van der Waals surface area contributed by atoms with Crippen LogP contribution in [0.5, 0.6) is 0 Å². The van der Waals surface area contributed by atoms with Gasteiger partial charge in [0.25, 0.3) is 0 Å². The molecule has 0 nitrogen and oxygen atoms in total. The molecule has 146 valence electrons. The SMILES string of the molecule is CCCCCCCCCCCCCC[P+](CCC)(CCC)CCC. The Kier molecular flexibility index (Phi) is 18.6. The van der Waals surface area contributed by atoms with Gasteiger partial charge in [-0.05, 0) is 32.1 Å². The summed E-state index contributed by atoms with van der Waals surface area (Å²) in [5, 5.41) is 0. The number of rotatable bonds is 19. The molecule has 0 radical (unpaired) electrons. The fraction of sp³-hybridized carbons (Fsp3) is 1.00. The number of hydrogen-bond donors (Lipinski definition) is 0. The van der Waals surface area contributed by atoms with Crippen LogP contribution in [0.3, 0.4) is 0 Å². The molecule has 0 aromatic rings. The fourth-order valence-electron chi connectivity index (χ4n) is 4.38. The molecule has 0 aliphatic carbocycles. The lowest BCUT2D eigenvalue weighted by atomic mass is 10.1. The lowest BCUT2D eigenvalue weighted by molar-refractivity contribution is 0.548. The van der Waals surface area contributed by atoms with E-state index in [0.29, 0.717) is 0 Å². The van der Waals surface area contributed by atoms with Crippen LogP contribution in [0.15, 0.2) is 0 Å². The Morgan fingerprint density at radius 3 is 1.00 bits per heavy atom. The lowest BCUT2D eigenvalue weighted by Crippen LogP contribution is -2.11. The molecule has 0 amide bonds. The lowest BCUT2D eigenvalue weighted by Gasteiger charge is -2.27. The van der Waals surface area contributed by atoms with E-state index >= 15 is 0 Å². The molecule has 0 atom stereocenters. The first-order valence-electron chi connectivity index (χ1n) is 11.6. The summed E-state index contributed by atoms with van der Waals surface area (Å²) in [7, 11) is -0.576.